The van der Waals surface area contributed by atoms with Gasteiger partial charge in [-0.1, -0.05) is 0 Å². The highest BCUT2D eigenvalue weighted by molar-refractivity contribution is 7.13. The highest BCUT2D eigenvalue weighted by atomic mass is 32.1. The van der Waals surface area contributed by atoms with Crippen molar-refractivity contribution in [2.75, 3.05) is 25.0 Å². The molecule has 0 unspecified atom stereocenters. The van der Waals surface area contributed by atoms with Crippen LogP contribution < -0.4 is 10.6 Å². The molecule has 0 aliphatic carbocycles. The summed E-state index contributed by atoms with van der Waals surface area (Å²) in [4.78, 5) is 27.6. The van der Waals surface area contributed by atoms with E-state index in [0.717, 1.165) is 32.4 Å². The molecule has 2 N–H and O–H groups in total. The van der Waals surface area contributed by atoms with Gasteiger partial charge >= 0.3 is 5.97 Å². The molecule has 1 aliphatic heterocycles. The van der Waals surface area contributed by atoms with E-state index in [2.05, 4.69) is 15.6 Å². The maximum absolute atomic E-state index is 11.9. The third-order valence-electron chi connectivity index (χ3n) is 3.67. The van der Waals surface area contributed by atoms with Gasteiger partial charge in [-0.05, 0) is 45.2 Å². The van der Waals surface area contributed by atoms with Gasteiger partial charge in [0.1, 0.15) is 0 Å². The third kappa shape index (κ3) is 5.73. The standard InChI is InChI=1S/C15H23N3O3S/c1-2-21-14(20)9-12-10-22-15(17-12)18-13(19)4-3-11-5-7-16-8-6-11/h10-11,16H,2-9H2,1H3,(H,17,18,19). The molecule has 0 aromatic carbocycles. The minimum Gasteiger partial charge on any atom is -0.466 e. The zero-order valence-electron chi connectivity index (χ0n) is 12.9. The van der Waals surface area contributed by atoms with Gasteiger partial charge in [-0.2, -0.15) is 0 Å². The van der Waals surface area contributed by atoms with E-state index in [1.807, 2.05) is 0 Å². The average Bonchev–Trinajstić information content (AvgIpc) is 2.93. The van der Waals surface area contributed by atoms with E-state index in [0.29, 0.717) is 29.8 Å². The largest absolute Gasteiger partial charge is 0.466 e. The minimum absolute atomic E-state index is 0.00410. The number of carbonyl (C=O) groups is 2. The first-order chi connectivity index (χ1) is 10.7. The van der Waals surface area contributed by atoms with Gasteiger partial charge in [0.2, 0.25) is 5.91 Å². The van der Waals surface area contributed by atoms with E-state index in [9.17, 15) is 9.59 Å². The zero-order chi connectivity index (χ0) is 15.8. The number of thiazole rings is 1. The predicted molar refractivity (Wildman–Crippen MR) is 85.9 cm³/mol. The molecule has 0 saturated carbocycles. The SMILES string of the molecule is CCOC(=O)Cc1csc(NC(=O)CCC2CCNCC2)n1. The van der Waals surface area contributed by atoms with Gasteiger partial charge in [0.15, 0.2) is 5.13 Å². The van der Waals surface area contributed by atoms with Crippen molar-refractivity contribution in [3.8, 4) is 0 Å². The van der Waals surface area contributed by atoms with Gasteiger partial charge in [0.05, 0.1) is 18.7 Å². The Morgan fingerprint density at radius 2 is 2.23 bits per heavy atom. The second-order valence-corrected chi connectivity index (χ2v) is 6.26. The fraction of sp³-hybridized carbons (Fsp3) is 0.667. The number of rotatable bonds is 7. The van der Waals surface area contributed by atoms with Gasteiger partial charge in [-0.25, -0.2) is 4.98 Å². The van der Waals surface area contributed by atoms with Crippen LogP contribution in [0.15, 0.2) is 5.38 Å². The van der Waals surface area contributed by atoms with Crippen LogP contribution in [-0.4, -0.2) is 36.6 Å². The number of esters is 1. The molecule has 7 heteroatoms. The summed E-state index contributed by atoms with van der Waals surface area (Å²) in [7, 11) is 0. The highest BCUT2D eigenvalue weighted by Crippen LogP contribution is 2.20. The molecule has 1 aliphatic rings. The number of amides is 1. The summed E-state index contributed by atoms with van der Waals surface area (Å²) in [5.41, 5.74) is 0.636. The van der Waals surface area contributed by atoms with Crippen LogP contribution in [-0.2, 0) is 20.7 Å². The van der Waals surface area contributed by atoms with Crippen molar-refractivity contribution in [2.45, 2.75) is 39.0 Å². The van der Waals surface area contributed by atoms with Gasteiger partial charge in [0.25, 0.3) is 0 Å². The lowest BCUT2D eigenvalue weighted by Gasteiger charge is -2.21. The Morgan fingerprint density at radius 3 is 2.95 bits per heavy atom. The van der Waals surface area contributed by atoms with E-state index in [4.69, 9.17) is 4.74 Å². The summed E-state index contributed by atoms with van der Waals surface area (Å²) >= 11 is 1.34. The summed E-state index contributed by atoms with van der Waals surface area (Å²) < 4.78 is 4.88. The quantitative estimate of drug-likeness (QED) is 0.749. The summed E-state index contributed by atoms with van der Waals surface area (Å²) in [6.07, 6.45) is 3.89. The molecular formula is C15H23N3O3S. The number of nitrogens with zero attached hydrogens (tertiary/aromatic N) is 1. The van der Waals surface area contributed by atoms with E-state index in [1.54, 1.807) is 12.3 Å². The Bertz CT molecular complexity index is 498. The summed E-state index contributed by atoms with van der Waals surface area (Å²) in [6, 6.07) is 0. The molecule has 2 rings (SSSR count). The van der Waals surface area contributed by atoms with Crippen LogP contribution in [0.4, 0.5) is 5.13 Å². The molecule has 2 heterocycles. The van der Waals surface area contributed by atoms with Gasteiger partial charge in [-0.3, -0.25) is 9.59 Å². The first kappa shape index (κ1) is 16.9. The molecule has 1 fully saturated rings. The molecule has 0 atom stereocenters. The van der Waals surface area contributed by atoms with E-state index in [1.165, 1.54) is 11.3 Å². The molecule has 1 amide bonds. The van der Waals surface area contributed by atoms with Crippen molar-refractivity contribution in [3.63, 3.8) is 0 Å². The summed E-state index contributed by atoms with van der Waals surface area (Å²) in [6.45, 7) is 4.24. The minimum atomic E-state index is -0.295. The maximum atomic E-state index is 11.9. The smallest absolute Gasteiger partial charge is 0.311 e. The first-order valence-corrected chi connectivity index (χ1v) is 8.66. The summed E-state index contributed by atoms with van der Waals surface area (Å²) in [5.74, 6) is 0.342. The molecule has 0 bridgehead atoms. The van der Waals surface area contributed by atoms with Gasteiger partial charge in [-0.15, -0.1) is 11.3 Å². The Labute approximate surface area is 134 Å². The normalized spacial score (nSPS) is 15.5. The van der Waals surface area contributed by atoms with Crippen molar-refractivity contribution in [1.29, 1.82) is 0 Å². The number of hydrogen-bond donors (Lipinski definition) is 2. The molecule has 22 heavy (non-hydrogen) atoms. The molecule has 1 saturated heterocycles. The number of nitrogens with one attached hydrogen (secondary N) is 2. The Balaban J connectivity index is 1.72. The second kappa shape index (κ2) is 8.85. The number of piperidine rings is 1. The van der Waals surface area contributed by atoms with Crippen LogP contribution in [0.1, 0.15) is 38.3 Å². The van der Waals surface area contributed by atoms with Gasteiger partial charge < -0.3 is 15.4 Å². The number of carbonyl (C=O) groups excluding carboxylic acids is 2. The number of ether oxygens (including phenoxy) is 1. The van der Waals surface area contributed by atoms with Crippen molar-refractivity contribution in [2.24, 2.45) is 5.92 Å². The molecule has 122 valence electrons. The third-order valence-corrected chi connectivity index (χ3v) is 4.47. The lowest BCUT2D eigenvalue weighted by atomic mass is 9.93. The fourth-order valence-electron chi connectivity index (χ4n) is 2.49. The molecular weight excluding hydrogens is 302 g/mol. The lowest BCUT2D eigenvalue weighted by Crippen LogP contribution is -2.28. The Morgan fingerprint density at radius 1 is 1.45 bits per heavy atom. The van der Waals surface area contributed by atoms with Crippen LogP contribution in [0.2, 0.25) is 0 Å². The Kier molecular flexibility index (Phi) is 6.79. The van der Waals surface area contributed by atoms with Crippen molar-refractivity contribution >= 4 is 28.3 Å². The van der Waals surface area contributed by atoms with E-state index < -0.39 is 0 Å². The molecule has 6 nitrogen and oxygen atoms in total. The second-order valence-electron chi connectivity index (χ2n) is 5.41. The van der Waals surface area contributed by atoms with Crippen molar-refractivity contribution in [3.05, 3.63) is 11.1 Å². The number of hydrogen-bond acceptors (Lipinski definition) is 6. The maximum Gasteiger partial charge on any atom is 0.311 e. The summed E-state index contributed by atoms with van der Waals surface area (Å²) in [5, 5.41) is 8.46. The Hall–Kier alpha value is -1.47. The lowest BCUT2D eigenvalue weighted by molar-refractivity contribution is -0.142. The number of aromatic nitrogens is 1. The van der Waals surface area contributed by atoms with Crippen LogP contribution in [0.25, 0.3) is 0 Å². The van der Waals surface area contributed by atoms with Crippen molar-refractivity contribution in [1.82, 2.24) is 10.3 Å². The topological polar surface area (TPSA) is 80.3 Å². The number of anilines is 1. The van der Waals surface area contributed by atoms with E-state index >= 15 is 0 Å². The molecule has 0 spiro atoms. The van der Waals surface area contributed by atoms with Crippen molar-refractivity contribution < 1.29 is 14.3 Å². The van der Waals surface area contributed by atoms with Gasteiger partial charge in [0, 0.05) is 11.8 Å². The van der Waals surface area contributed by atoms with Crippen LogP contribution >= 0.6 is 11.3 Å². The average molecular weight is 325 g/mol. The molecule has 1 aromatic rings. The van der Waals surface area contributed by atoms with Crippen LogP contribution in [0, 0.1) is 5.92 Å². The highest BCUT2D eigenvalue weighted by Gasteiger charge is 2.15. The van der Waals surface area contributed by atoms with Crippen LogP contribution in [0.3, 0.4) is 0 Å². The van der Waals surface area contributed by atoms with E-state index in [-0.39, 0.29) is 18.3 Å². The molecule has 1 aromatic heterocycles. The zero-order valence-corrected chi connectivity index (χ0v) is 13.7. The molecule has 0 radical (unpaired) electrons. The predicted octanol–water partition coefficient (Wildman–Crippen LogP) is 1.97. The first-order valence-electron chi connectivity index (χ1n) is 7.78. The fourth-order valence-corrected chi connectivity index (χ4v) is 3.22. The monoisotopic (exact) mass is 325 g/mol. The van der Waals surface area contributed by atoms with Crippen LogP contribution in [0.5, 0.6) is 0 Å².